The van der Waals surface area contributed by atoms with Crippen LogP contribution in [0.15, 0.2) is 36.4 Å². The molecule has 0 spiro atoms. The molecule has 0 saturated heterocycles. The topological polar surface area (TPSA) is 37.3 Å². The summed E-state index contributed by atoms with van der Waals surface area (Å²) in [5.41, 5.74) is 0.207. The molecule has 1 rings (SSSR count). The molecule has 0 aromatic heterocycles. The molecule has 1 N–H and O–H groups in total. The minimum Gasteiger partial charge on any atom is -0.507 e. The maximum Gasteiger partial charge on any atom is 0.164 e. The first-order chi connectivity index (χ1) is 6.91. The lowest BCUT2D eigenvalue weighted by Crippen LogP contribution is -2.17. The fraction of sp³-hybridized carbons (Fsp3) is 0.308. The highest BCUT2D eigenvalue weighted by Gasteiger charge is 2.19. The number of carbonyl (C=O) groups excluding carboxylic acids is 1. The quantitative estimate of drug-likeness (QED) is 0.593. The van der Waals surface area contributed by atoms with Crippen LogP contribution in [0.1, 0.15) is 26.3 Å². The van der Waals surface area contributed by atoms with Gasteiger partial charge >= 0.3 is 0 Å². The van der Waals surface area contributed by atoms with Crippen molar-refractivity contribution >= 4 is 11.5 Å². The molecule has 0 fully saturated rings. The summed E-state index contributed by atoms with van der Waals surface area (Å²) in [6.07, 6.45) is 1.29. The number of hydrogen-bond acceptors (Lipinski definition) is 2. The van der Waals surface area contributed by atoms with Gasteiger partial charge in [0.25, 0.3) is 0 Å². The Balaban J connectivity index is 2.91. The molecule has 0 aliphatic heterocycles. The van der Waals surface area contributed by atoms with Gasteiger partial charge in [0.15, 0.2) is 5.78 Å². The van der Waals surface area contributed by atoms with Crippen LogP contribution < -0.4 is 0 Å². The Morgan fingerprint density at radius 1 is 1.20 bits per heavy atom. The Morgan fingerprint density at radius 2 is 1.73 bits per heavy atom. The Bertz CT molecular complexity index is 369. The van der Waals surface area contributed by atoms with E-state index < -0.39 is 5.41 Å². The van der Waals surface area contributed by atoms with Crippen LogP contribution in [0, 0.1) is 5.41 Å². The average Bonchev–Trinajstić information content (AvgIpc) is 2.17. The number of rotatable bonds is 2. The molecule has 0 saturated carbocycles. The van der Waals surface area contributed by atoms with Crippen molar-refractivity contribution in [2.24, 2.45) is 5.41 Å². The molecular formula is C13H16O2. The van der Waals surface area contributed by atoms with E-state index in [1.165, 1.54) is 6.08 Å². The summed E-state index contributed by atoms with van der Waals surface area (Å²) < 4.78 is 0. The van der Waals surface area contributed by atoms with E-state index in [2.05, 4.69) is 0 Å². The van der Waals surface area contributed by atoms with E-state index in [0.717, 1.165) is 0 Å². The van der Waals surface area contributed by atoms with Gasteiger partial charge < -0.3 is 5.11 Å². The molecule has 2 nitrogen and oxygen atoms in total. The molecule has 0 aliphatic carbocycles. The van der Waals surface area contributed by atoms with Crippen molar-refractivity contribution in [2.45, 2.75) is 20.8 Å². The van der Waals surface area contributed by atoms with Gasteiger partial charge in [-0.05, 0) is 0 Å². The van der Waals surface area contributed by atoms with E-state index in [4.69, 9.17) is 0 Å². The third-order valence-corrected chi connectivity index (χ3v) is 2.08. The number of ketones is 1. The first-order valence-electron chi connectivity index (χ1n) is 4.92. The molecular weight excluding hydrogens is 188 g/mol. The zero-order valence-electron chi connectivity index (χ0n) is 9.32. The summed E-state index contributed by atoms with van der Waals surface area (Å²) in [4.78, 5) is 11.6. The molecule has 80 valence electrons. The van der Waals surface area contributed by atoms with E-state index in [-0.39, 0.29) is 11.5 Å². The second-order valence-electron chi connectivity index (χ2n) is 4.51. The van der Waals surface area contributed by atoms with Crippen LogP contribution in [0.25, 0.3) is 5.76 Å². The first kappa shape index (κ1) is 11.5. The van der Waals surface area contributed by atoms with Gasteiger partial charge in [-0.25, -0.2) is 0 Å². The number of carbonyl (C=O) groups is 1. The molecule has 1 aromatic rings. The third kappa shape index (κ3) is 3.24. The normalized spacial score (nSPS) is 12.6. The van der Waals surface area contributed by atoms with Gasteiger partial charge in [-0.2, -0.15) is 0 Å². The monoisotopic (exact) mass is 204 g/mol. The van der Waals surface area contributed by atoms with Crippen LogP contribution >= 0.6 is 0 Å². The molecule has 2 heteroatoms. The second kappa shape index (κ2) is 4.30. The van der Waals surface area contributed by atoms with Crippen LogP contribution in [0.2, 0.25) is 0 Å². The van der Waals surface area contributed by atoms with Crippen LogP contribution in [0.3, 0.4) is 0 Å². The number of hydrogen-bond donors (Lipinski definition) is 1. The summed E-state index contributed by atoms with van der Waals surface area (Å²) in [5.74, 6) is -0.0561. The maximum atomic E-state index is 11.6. The maximum absolute atomic E-state index is 11.6. The first-order valence-corrected chi connectivity index (χ1v) is 4.92. The highest BCUT2D eigenvalue weighted by molar-refractivity contribution is 5.98. The lowest BCUT2D eigenvalue weighted by Gasteiger charge is -2.13. The van der Waals surface area contributed by atoms with E-state index in [0.29, 0.717) is 5.56 Å². The fourth-order valence-corrected chi connectivity index (χ4v) is 1.03. The summed E-state index contributed by atoms with van der Waals surface area (Å²) in [6, 6.07) is 9.04. The predicted octanol–water partition coefficient (Wildman–Crippen LogP) is 3.20. The van der Waals surface area contributed by atoms with Gasteiger partial charge in [0.05, 0.1) is 0 Å². The lowest BCUT2D eigenvalue weighted by molar-refractivity contribution is -0.121. The average molecular weight is 204 g/mol. The van der Waals surface area contributed by atoms with E-state index in [9.17, 15) is 9.90 Å². The standard InChI is InChI=1S/C13H16O2/c1-13(2,3)12(15)9-11(14)10-7-5-4-6-8-10/h4-9,14H,1-3H3. The molecule has 0 bridgehead atoms. The van der Waals surface area contributed by atoms with Crippen molar-refractivity contribution < 1.29 is 9.90 Å². The van der Waals surface area contributed by atoms with Gasteiger partial charge in [-0.3, -0.25) is 4.79 Å². The van der Waals surface area contributed by atoms with Crippen molar-refractivity contribution in [3.05, 3.63) is 42.0 Å². The summed E-state index contributed by atoms with van der Waals surface area (Å²) in [5, 5.41) is 9.69. The zero-order chi connectivity index (χ0) is 11.5. The van der Waals surface area contributed by atoms with Gasteiger partial charge in [0, 0.05) is 17.1 Å². The smallest absolute Gasteiger partial charge is 0.164 e. The van der Waals surface area contributed by atoms with Crippen molar-refractivity contribution in [2.75, 3.05) is 0 Å². The number of aliphatic hydroxyl groups excluding tert-OH is 1. The Labute approximate surface area is 90.3 Å². The predicted molar refractivity (Wildman–Crippen MR) is 61.5 cm³/mol. The molecule has 0 heterocycles. The minimum atomic E-state index is -0.456. The Hall–Kier alpha value is -1.57. The van der Waals surface area contributed by atoms with Crippen LogP contribution in [0.4, 0.5) is 0 Å². The lowest BCUT2D eigenvalue weighted by atomic mass is 9.90. The minimum absolute atomic E-state index is 0.0236. The third-order valence-electron chi connectivity index (χ3n) is 2.08. The van der Waals surface area contributed by atoms with Crippen molar-refractivity contribution in [1.29, 1.82) is 0 Å². The highest BCUT2D eigenvalue weighted by atomic mass is 16.3. The zero-order valence-corrected chi connectivity index (χ0v) is 9.32. The van der Waals surface area contributed by atoms with E-state index in [1.807, 2.05) is 39.0 Å². The van der Waals surface area contributed by atoms with Gasteiger partial charge in [0.1, 0.15) is 5.76 Å². The fourth-order valence-electron chi connectivity index (χ4n) is 1.03. The highest BCUT2D eigenvalue weighted by Crippen LogP contribution is 2.18. The van der Waals surface area contributed by atoms with Gasteiger partial charge in [-0.15, -0.1) is 0 Å². The molecule has 0 atom stereocenters. The van der Waals surface area contributed by atoms with Crippen LogP contribution in [-0.2, 0) is 4.79 Å². The van der Waals surface area contributed by atoms with E-state index >= 15 is 0 Å². The number of benzene rings is 1. The van der Waals surface area contributed by atoms with Crippen LogP contribution in [-0.4, -0.2) is 10.9 Å². The van der Waals surface area contributed by atoms with Crippen molar-refractivity contribution in [1.82, 2.24) is 0 Å². The largest absolute Gasteiger partial charge is 0.507 e. The SMILES string of the molecule is CC(C)(C)C(=O)C=C(O)c1ccccc1. The molecule has 0 unspecified atom stereocenters. The Morgan fingerprint density at radius 3 is 2.20 bits per heavy atom. The number of allylic oxidation sites excluding steroid dienone is 1. The van der Waals surface area contributed by atoms with Crippen LogP contribution in [0.5, 0.6) is 0 Å². The molecule has 15 heavy (non-hydrogen) atoms. The summed E-state index contributed by atoms with van der Waals surface area (Å²) >= 11 is 0. The molecule has 0 amide bonds. The molecule has 0 aliphatic rings. The van der Waals surface area contributed by atoms with Gasteiger partial charge in [-0.1, -0.05) is 51.1 Å². The summed E-state index contributed by atoms with van der Waals surface area (Å²) in [7, 11) is 0. The summed E-state index contributed by atoms with van der Waals surface area (Å²) in [6.45, 7) is 5.47. The molecule has 0 radical (unpaired) electrons. The molecule has 1 aromatic carbocycles. The van der Waals surface area contributed by atoms with Gasteiger partial charge in [0.2, 0.25) is 0 Å². The second-order valence-corrected chi connectivity index (χ2v) is 4.51. The van der Waals surface area contributed by atoms with Crippen molar-refractivity contribution in [3.63, 3.8) is 0 Å². The van der Waals surface area contributed by atoms with Crippen molar-refractivity contribution in [3.8, 4) is 0 Å². The van der Waals surface area contributed by atoms with E-state index in [1.54, 1.807) is 12.1 Å². The number of aliphatic hydroxyl groups is 1. The Kier molecular flexibility index (Phi) is 3.30.